The molecule has 0 atom stereocenters. The first-order chi connectivity index (χ1) is 10.1. The number of hydrogen-bond acceptors (Lipinski definition) is 1. The minimum absolute atomic E-state index is 0.0960. The van der Waals surface area contributed by atoms with Crippen molar-refractivity contribution in [3.63, 3.8) is 0 Å². The maximum absolute atomic E-state index is 13.2. The van der Waals surface area contributed by atoms with Gasteiger partial charge in [-0.1, -0.05) is 72.4 Å². The molecule has 1 nitrogen and oxygen atoms in total. The minimum Gasteiger partial charge on any atom is -0.293 e. The van der Waals surface area contributed by atoms with Gasteiger partial charge in [0.25, 0.3) is 0 Å². The molecule has 3 heteroatoms. The van der Waals surface area contributed by atoms with E-state index in [-0.39, 0.29) is 5.78 Å². The summed E-state index contributed by atoms with van der Waals surface area (Å²) in [5.74, 6) is 0.0960. The highest BCUT2D eigenvalue weighted by Crippen LogP contribution is 2.44. The second kappa shape index (κ2) is 5.82. The molecule has 2 aromatic carbocycles. The molecule has 0 aromatic heterocycles. The Morgan fingerprint density at radius 1 is 0.905 bits per heavy atom. The van der Waals surface area contributed by atoms with Crippen LogP contribution in [0.5, 0.6) is 0 Å². The van der Waals surface area contributed by atoms with Crippen molar-refractivity contribution < 1.29 is 4.79 Å². The summed E-state index contributed by atoms with van der Waals surface area (Å²) in [6.45, 7) is 0. The number of Topliss-reactive ketones (excluding diaryl/α,β-unsaturated/α-hetero) is 1. The van der Waals surface area contributed by atoms with E-state index < -0.39 is 5.41 Å². The van der Waals surface area contributed by atoms with Crippen molar-refractivity contribution in [2.24, 2.45) is 0 Å². The number of benzene rings is 2. The molecule has 108 valence electrons. The topological polar surface area (TPSA) is 17.1 Å². The van der Waals surface area contributed by atoms with E-state index in [1.807, 2.05) is 30.3 Å². The summed E-state index contributed by atoms with van der Waals surface area (Å²) >= 11 is 12.3. The van der Waals surface area contributed by atoms with Crippen molar-refractivity contribution in [1.29, 1.82) is 0 Å². The van der Waals surface area contributed by atoms with E-state index in [0.29, 0.717) is 15.6 Å². The van der Waals surface area contributed by atoms with Gasteiger partial charge < -0.3 is 0 Å². The molecule has 0 unspecified atom stereocenters. The number of rotatable bonds is 3. The highest BCUT2D eigenvalue weighted by molar-refractivity contribution is 6.44. The summed E-state index contributed by atoms with van der Waals surface area (Å²) in [5.41, 5.74) is 1.17. The van der Waals surface area contributed by atoms with Gasteiger partial charge in [-0.15, -0.1) is 0 Å². The zero-order valence-electron chi connectivity index (χ0n) is 11.6. The molecular weight excluding hydrogens is 303 g/mol. The Labute approximate surface area is 134 Å². The first-order valence-electron chi connectivity index (χ1n) is 7.19. The van der Waals surface area contributed by atoms with Gasteiger partial charge in [0.05, 0.1) is 15.5 Å². The maximum Gasteiger partial charge on any atom is 0.174 e. The van der Waals surface area contributed by atoms with Crippen LogP contribution in [0.2, 0.25) is 10.0 Å². The van der Waals surface area contributed by atoms with Gasteiger partial charge in [0.15, 0.2) is 5.78 Å². The predicted octanol–water partition coefficient (Wildman–Crippen LogP) is 5.69. The highest BCUT2D eigenvalue weighted by atomic mass is 35.5. The molecule has 0 saturated heterocycles. The molecule has 21 heavy (non-hydrogen) atoms. The van der Waals surface area contributed by atoms with E-state index in [4.69, 9.17) is 23.2 Å². The lowest BCUT2D eigenvalue weighted by Gasteiger charge is -2.28. The Morgan fingerprint density at radius 3 is 2.24 bits per heavy atom. The van der Waals surface area contributed by atoms with Crippen LogP contribution in [0.3, 0.4) is 0 Å². The Hall–Kier alpha value is -1.31. The summed E-state index contributed by atoms with van der Waals surface area (Å²) in [6, 6.07) is 15.3. The molecular formula is C18H16Cl2O. The molecule has 0 aliphatic heterocycles. The van der Waals surface area contributed by atoms with E-state index in [2.05, 4.69) is 0 Å². The number of ketones is 1. The van der Waals surface area contributed by atoms with Crippen LogP contribution < -0.4 is 0 Å². The number of hydrogen-bond donors (Lipinski definition) is 0. The van der Waals surface area contributed by atoms with Gasteiger partial charge in [-0.3, -0.25) is 4.79 Å². The Balaban J connectivity index is 2.10. The number of halogens is 2. The zero-order valence-corrected chi connectivity index (χ0v) is 13.1. The van der Waals surface area contributed by atoms with Crippen LogP contribution in [0.15, 0.2) is 48.5 Å². The summed E-state index contributed by atoms with van der Waals surface area (Å²) in [6.07, 6.45) is 3.88. The second-order valence-electron chi connectivity index (χ2n) is 5.59. The third kappa shape index (κ3) is 2.49. The van der Waals surface area contributed by atoms with E-state index in [9.17, 15) is 4.79 Å². The largest absolute Gasteiger partial charge is 0.293 e. The third-order valence-corrected chi connectivity index (χ3v) is 5.23. The lowest BCUT2D eigenvalue weighted by Crippen LogP contribution is -2.33. The monoisotopic (exact) mass is 318 g/mol. The summed E-state index contributed by atoms with van der Waals surface area (Å²) in [5, 5.41) is 0.801. The molecule has 1 aliphatic carbocycles. The minimum atomic E-state index is -0.449. The van der Waals surface area contributed by atoms with Crippen LogP contribution in [0.4, 0.5) is 0 Å². The molecule has 1 saturated carbocycles. The SMILES string of the molecule is O=C(c1cccc(Cl)c1Cl)C1(c2ccccc2)CCCC1. The van der Waals surface area contributed by atoms with E-state index in [0.717, 1.165) is 31.2 Å². The molecule has 0 bridgehead atoms. The molecule has 1 aliphatic rings. The number of carbonyl (C=O) groups excluding carboxylic acids is 1. The van der Waals surface area contributed by atoms with Gasteiger partial charge in [0, 0.05) is 5.56 Å². The van der Waals surface area contributed by atoms with Crippen molar-refractivity contribution in [3.05, 3.63) is 69.7 Å². The standard InChI is InChI=1S/C18H16Cl2O/c19-15-10-6-9-14(16(15)20)17(21)18(11-4-5-12-18)13-7-2-1-3-8-13/h1-3,6-10H,4-5,11-12H2. The van der Waals surface area contributed by atoms with Crippen molar-refractivity contribution in [1.82, 2.24) is 0 Å². The average molecular weight is 319 g/mol. The summed E-state index contributed by atoms with van der Waals surface area (Å²) < 4.78 is 0. The average Bonchev–Trinajstić information content (AvgIpc) is 3.01. The van der Waals surface area contributed by atoms with Gasteiger partial charge in [-0.05, 0) is 30.5 Å². The fourth-order valence-electron chi connectivity index (χ4n) is 3.32. The van der Waals surface area contributed by atoms with Gasteiger partial charge in [0.1, 0.15) is 0 Å². The molecule has 0 spiro atoms. The Kier molecular flexibility index (Phi) is 4.05. The van der Waals surface area contributed by atoms with Crippen LogP contribution in [-0.4, -0.2) is 5.78 Å². The van der Waals surface area contributed by atoms with Crippen LogP contribution in [-0.2, 0) is 5.41 Å². The van der Waals surface area contributed by atoms with Gasteiger partial charge >= 0.3 is 0 Å². The van der Waals surface area contributed by atoms with Crippen LogP contribution in [0.25, 0.3) is 0 Å². The van der Waals surface area contributed by atoms with Crippen LogP contribution in [0.1, 0.15) is 41.6 Å². The number of carbonyl (C=O) groups is 1. The Bertz CT molecular complexity index is 658. The predicted molar refractivity (Wildman–Crippen MR) is 87.4 cm³/mol. The normalized spacial score (nSPS) is 16.9. The molecule has 1 fully saturated rings. The van der Waals surface area contributed by atoms with Crippen molar-refractivity contribution >= 4 is 29.0 Å². The first-order valence-corrected chi connectivity index (χ1v) is 7.95. The van der Waals surface area contributed by atoms with Crippen molar-refractivity contribution in [3.8, 4) is 0 Å². The first kappa shape index (κ1) is 14.6. The van der Waals surface area contributed by atoms with E-state index >= 15 is 0 Å². The molecule has 0 amide bonds. The van der Waals surface area contributed by atoms with Crippen molar-refractivity contribution in [2.45, 2.75) is 31.1 Å². The zero-order chi connectivity index (χ0) is 14.9. The van der Waals surface area contributed by atoms with Gasteiger partial charge in [-0.2, -0.15) is 0 Å². The third-order valence-electron chi connectivity index (χ3n) is 4.41. The maximum atomic E-state index is 13.2. The summed E-state index contributed by atoms with van der Waals surface area (Å²) in [4.78, 5) is 13.2. The van der Waals surface area contributed by atoms with Crippen molar-refractivity contribution in [2.75, 3.05) is 0 Å². The smallest absolute Gasteiger partial charge is 0.174 e. The van der Waals surface area contributed by atoms with Gasteiger partial charge in [-0.25, -0.2) is 0 Å². The highest BCUT2D eigenvalue weighted by Gasteiger charge is 2.43. The quantitative estimate of drug-likeness (QED) is 0.664. The van der Waals surface area contributed by atoms with Crippen LogP contribution in [0, 0.1) is 0 Å². The Morgan fingerprint density at radius 2 is 1.57 bits per heavy atom. The fourth-order valence-corrected chi connectivity index (χ4v) is 3.71. The molecule has 3 rings (SSSR count). The van der Waals surface area contributed by atoms with E-state index in [1.54, 1.807) is 18.2 Å². The van der Waals surface area contributed by atoms with Crippen LogP contribution >= 0.6 is 23.2 Å². The fraction of sp³-hybridized carbons (Fsp3) is 0.278. The summed E-state index contributed by atoms with van der Waals surface area (Å²) in [7, 11) is 0. The molecule has 0 heterocycles. The lowest BCUT2D eigenvalue weighted by atomic mass is 9.73. The molecule has 0 radical (unpaired) electrons. The molecule has 0 N–H and O–H groups in total. The van der Waals surface area contributed by atoms with Gasteiger partial charge in [0.2, 0.25) is 0 Å². The lowest BCUT2D eigenvalue weighted by molar-refractivity contribution is 0.0886. The second-order valence-corrected chi connectivity index (χ2v) is 6.37. The van der Waals surface area contributed by atoms with E-state index in [1.165, 1.54) is 0 Å². The molecule has 2 aromatic rings.